The Bertz CT molecular complexity index is 859. The zero-order chi connectivity index (χ0) is 14.4. The van der Waals surface area contributed by atoms with Crippen LogP contribution in [0.4, 0.5) is 0 Å². The highest BCUT2D eigenvalue weighted by Crippen LogP contribution is 2.42. The lowest BCUT2D eigenvalue weighted by molar-refractivity contribution is -0.133. The SMILES string of the molecule is Cc1cccc2c1OC(=O)C2c1cccc2ccccc12. The molecule has 3 aromatic rings. The van der Waals surface area contributed by atoms with E-state index < -0.39 is 0 Å². The molecule has 0 saturated heterocycles. The Morgan fingerprint density at radius 2 is 1.57 bits per heavy atom. The van der Waals surface area contributed by atoms with Gasteiger partial charge in [0.2, 0.25) is 0 Å². The van der Waals surface area contributed by atoms with Crippen LogP contribution in [0.3, 0.4) is 0 Å². The van der Waals surface area contributed by atoms with Gasteiger partial charge in [0, 0.05) is 5.56 Å². The molecule has 0 radical (unpaired) electrons. The number of esters is 1. The van der Waals surface area contributed by atoms with E-state index in [1.54, 1.807) is 0 Å². The fraction of sp³-hybridized carbons (Fsp3) is 0.105. The van der Waals surface area contributed by atoms with Gasteiger partial charge < -0.3 is 4.74 Å². The van der Waals surface area contributed by atoms with Crippen LogP contribution in [0.1, 0.15) is 22.6 Å². The Hall–Kier alpha value is -2.61. The van der Waals surface area contributed by atoms with Gasteiger partial charge in [-0.25, -0.2) is 0 Å². The monoisotopic (exact) mass is 274 g/mol. The van der Waals surface area contributed by atoms with Crippen LogP contribution in [0.2, 0.25) is 0 Å². The van der Waals surface area contributed by atoms with Crippen molar-refractivity contribution in [3.05, 3.63) is 77.4 Å². The number of fused-ring (bicyclic) bond motifs is 2. The van der Waals surface area contributed by atoms with Crippen LogP contribution in [0.15, 0.2) is 60.7 Å². The largest absolute Gasteiger partial charge is 0.425 e. The second-order valence-corrected chi connectivity index (χ2v) is 5.42. The van der Waals surface area contributed by atoms with E-state index in [0.29, 0.717) is 0 Å². The lowest BCUT2D eigenvalue weighted by Gasteiger charge is -2.11. The van der Waals surface area contributed by atoms with E-state index in [1.807, 2.05) is 49.4 Å². The molecule has 0 bridgehead atoms. The van der Waals surface area contributed by atoms with E-state index in [-0.39, 0.29) is 11.9 Å². The van der Waals surface area contributed by atoms with Crippen molar-refractivity contribution in [3.63, 3.8) is 0 Å². The normalized spacial score (nSPS) is 16.8. The second kappa shape index (κ2) is 4.45. The summed E-state index contributed by atoms with van der Waals surface area (Å²) in [6, 6.07) is 20.2. The van der Waals surface area contributed by atoms with Crippen LogP contribution in [-0.4, -0.2) is 5.97 Å². The third-order valence-electron chi connectivity index (χ3n) is 4.13. The van der Waals surface area contributed by atoms with Gasteiger partial charge in [-0.2, -0.15) is 0 Å². The third kappa shape index (κ3) is 1.76. The lowest BCUT2D eigenvalue weighted by atomic mass is 9.88. The predicted molar refractivity (Wildman–Crippen MR) is 82.6 cm³/mol. The first-order valence-electron chi connectivity index (χ1n) is 7.04. The van der Waals surface area contributed by atoms with Crippen molar-refractivity contribution in [2.24, 2.45) is 0 Å². The molecule has 1 aliphatic heterocycles. The number of rotatable bonds is 1. The molecule has 3 aromatic carbocycles. The van der Waals surface area contributed by atoms with Crippen molar-refractivity contribution >= 4 is 16.7 Å². The molecule has 1 atom stereocenters. The van der Waals surface area contributed by atoms with Crippen LogP contribution in [0, 0.1) is 6.92 Å². The summed E-state index contributed by atoms with van der Waals surface area (Å²) in [6.45, 7) is 1.97. The molecule has 0 fully saturated rings. The molecular weight excluding hydrogens is 260 g/mol. The smallest absolute Gasteiger partial charge is 0.323 e. The van der Waals surface area contributed by atoms with Crippen molar-refractivity contribution in [1.82, 2.24) is 0 Å². The van der Waals surface area contributed by atoms with Crippen LogP contribution >= 0.6 is 0 Å². The summed E-state index contributed by atoms with van der Waals surface area (Å²) >= 11 is 0. The van der Waals surface area contributed by atoms with Gasteiger partial charge >= 0.3 is 5.97 Å². The summed E-state index contributed by atoms with van der Waals surface area (Å²) in [7, 11) is 0. The molecule has 0 aromatic heterocycles. The summed E-state index contributed by atoms with van der Waals surface area (Å²) < 4.78 is 5.51. The molecule has 0 saturated carbocycles. The van der Waals surface area contributed by atoms with E-state index in [4.69, 9.17) is 4.74 Å². The maximum atomic E-state index is 12.4. The zero-order valence-corrected chi connectivity index (χ0v) is 11.7. The first-order valence-corrected chi connectivity index (χ1v) is 7.04. The minimum Gasteiger partial charge on any atom is -0.425 e. The van der Waals surface area contributed by atoms with Gasteiger partial charge in [-0.05, 0) is 28.8 Å². The quantitative estimate of drug-likeness (QED) is 0.491. The minimum absolute atomic E-state index is 0.185. The van der Waals surface area contributed by atoms with Crippen LogP contribution in [0.25, 0.3) is 10.8 Å². The fourth-order valence-electron chi connectivity index (χ4n) is 3.13. The highest BCUT2D eigenvalue weighted by Gasteiger charge is 2.36. The number of aryl methyl sites for hydroxylation is 1. The number of hydrogen-bond donors (Lipinski definition) is 0. The Morgan fingerprint density at radius 3 is 2.48 bits per heavy atom. The van der Waals surface area contributed by atoms with E-state index >= 15 is 0 Å². The molecule has 0 amide bonds. The molecule has 0 aliphatic carbocycles. The molecule has 2 heteroatoms. The lowest BCUT2D eigenvalue weighted by Crippen LogP contribution is -2.11. The van der Waals surface area contributed by atoms with Crippen molar-refractivity contribution in [2.45, 2.75) is 12.8 Å². The Kier molecular flexibility index (Phi) is 2.58. The molecule has 102 valence electrons. The summed E-state index contributed by atoms with van der Waals surface area (Å²) in [5.74, 6) is 0.210. The molecule has 1 aliphatic rings. The first-order chi connectivity index (χ1) is 10.3. The molecular formula is C19H14O2. The number of benzene rings is 3. The van der Waals surface area contributed by atoms with Gasteiger partial charge in [-0.15, -0.1) is 0 Å². The highest BCUT2D eigenvalue weighted by atomic mass is 16.5. The average molecular weight is 274 g/mol. The van der Waals surface area contributed by atoms with Gasteiger partial charge in [0.25, 0.3) is 0 Å². The summed E-state index contributed by atoms with van der Waals surface area (Å²) in [4.78, 5) is 12.4. The topological polar surface area (TPSA) is 26.3 Å². The summed E-state index contributed by atoms with van der Waals surface area (Å²) in [5, 5.41) is 2.25. The van der Waals surface area contributed by atoms with E-state index in [1.165, 1.54) is 0 Å². The van der Waals surface area contributed by atoms with Crippen LogP contribution in [-0.2, 0) is 4.79 Å². The minimum atomic E-state index is -0.328. The van der Waals surface area contributed by atoms with Gasteiger partial charge in [-0.3, -0.25) is 4.79 Å². The van der Waals surface area contributed by atoms with Gasteiger partial charge in [0.1, 0.15) is 11.7 Å². The molecule has 1 heterocycles. The van der Waals surface area contributed by atoms with E-state index in [2.05, 4.69) is 18.2 Å². The Morgan fingerprint density at radius 1 is 0.857 bits per heavy atom. The van der Waals surface area contributed by atoms with Crippen molar-refractivity contribution in [1.29, 1.82) is 0 Å². The van der Waals surface area contributed by atoms with E-state index in [9.17, 15) is 4.79 Å². The van der Waals surface area contributed by atoms with Crippen LogP contribution in [0.5, 0.6) is 5.75 Å². The zero-order valence-electron chi connectivity index (χ0n) is 11.7. The maximum Gasteiger partial charge on any atom is 0.323 e. The van der Waals surface area contributed by atoms with E-state index in [0.717, 1.165) is 33.2 Å². The summed E-state index contributed by atoms with van der Waals surface area (Å²) in [6.07, 6.45) is 0. The summed E-state index contributed by atoms with van der Waals surface area (Å²) in [5.41, 5.74) is 2.99. The molecule has 21 heavy (non-hydrogen) atoms. The number of carbonyl (C=O) groups is 1. The van der Waals surface area contributed by atoms with Gasteiger partial charge in [-0.1, -0.05) is 60.7 Å². The molecule has 0 spiro atoms. The Labute approximate surface area is 123 Å². The third-order valence-corrected chi connectivity index (χ3v) is 4.13. The fourth-order valence-corrected chi connectivity index (χ4v) is 3.13. The second-order valence-electron chi connectivity index (χ2n) is 5.42. The standard InChI is InChI=1S/C19H14O2/c1-12-6-4-11-16-17(19(20)21-18(12)16)15-10-5-8-13-7-2-3-9-14(13)15/h2-11,17H,1H3. The number of para-hydroxylation sites is 1. The van der Waals surface area contributed by atoms with Gasteiger partial charge in [0.15, 0.2) is 0 Å². The number of ether oxygens (including phenoxy) is 1. The number of carbonyl (C=O) groups excluding carboxylic acids is 1. The first kappa shape index (κ1) is 12.2. The average Bonchev–Trinajstić information content (AvgIpc) is 2.84. The van der Waals surface area contributed by atoms with Crippen molar-refractivity contribution < 1.29 is 9.53 Å². The highest BCUT2D eigenvalue weighted by molar-refractivity contribution is 5.96. The number of hydrogen-bond acceptors (Lipinski definition) is 2. The van der Waals surface area contributed by atoms with Crippen molar-refractivity contribution in [3.8, 4) is 5.75 Å². The molecule has 4 rings (SSSR count). The van der Waals surface area contributed by atoms with Crippen molar-refractivity contribution in [2.75, 3.05) is 0 Å². The molecule has 1 unspecified atom stereocenters. The Balaban J connectivity index is 1.98. The van der Waals surface area contributed by atoms with Gasteiger partial charge in [0.05, 0.1) is 0 Å². The predicted octanol–water partition coefficient (Wildman–Crippen LogP) is 4.20. The van der Waals surface area contributed by atoms with Crippen LogP contribution < -0.4 is 4.74 Å². The molecule has 2 nitrogen and oxygen atoms in total. The molecule has 0 N–H and O–H groups in total. The maximum absolute atomic E-state index is 12.4.